The van der Waals surface area contributed by atoms with Gasteiger partial charge in [-0.15, -0.1) is 0 Å². The molecule has 0 aliphatic carbocycles. The van der Waals surface area contributed by atoms with Crippen molar-refractivity contribution in [3.63, 3.8) is 0 Å². The van der Waals surface area contributed by atoms with E-state index in [1.807, 2.05) is 0 Å². The lowest BCUT2D eigenvalue weighted by atomic mass is 10.4. The van der Waals surface area contributed by atoms with Crippen LogP contribution in [0.1, 0.15) is 6.92 Å². The molecular formula is C7H7BrN2O3. The van der Waals surface area contributed by atoms with Gasteiger partial charge < -0.3 is 4.74 Å². The second-order valence-corrected chi connectivity index (χ2v) is 2.99. The summed E-state index contributed by atoms with van der Waals surface area (Å²) in [6, 6.07) is 1.50. The molecule has 1 aromatic heterocycles. The fourth-order valence-corrected chi connectivity index (χ4v) is 1.25. The lowest BCUT2D eigenvalue weighted by Gasteiger charge is -2.02. The fraction of sp³-hybridized carbons (Fsp3) is 0.286. The van der Waals surface area contributed by atoms with Gasteiger partial charge in [0, 0.05) is 6.20 Å². The fourth-order valence-electron chi connectivity index (χ4n) is 0.820. The summed E-state index contributed by atoms with van der Waals surface area (Å²) in [5, 5.41) is 10.6. The molecule has 0 spiro atoms. The van der Waals surface area contributed by atoms with Crippen molar-refractivity contribution in [3.8, 4) is 5.88 Å². The lowest BCUT2D eigenvalue weighted by molar-refractivity contribution is -0.387. The van der Waals surface area contributed by atoms with E-state index in [0.29, 0.717) is 11.1 Å². The third kappa shape index (κ3) is 2.15. The van der Waals surface area contributed by atoms with Crippen LogP contribution in [0.3, 0.4) is 0 Å². The second kappa shape index (κ2) is 4.18. The standard InChI is InChI=1S/C7H7BrN2O3/c1-2-13-7-6(10(11)12)5(8)3-4-9-7/h3-4H,2H2,1H3. The zero-order valence-corrected chi connectivity index (χ0v) is 8.44. The largest absolute Gasteiger partial charge is 0.473 e. The number of halogens is 1. The summed E-state index contributed by atoms with van der Waals surface area (Å²) in [5.41, 5.74) is -0.135. The summed E-state index contributed by atoms with van der Waals surface area (Å²) in [6.45, 7) is 2.09. The van der Waals surface area contributed by atoms with Gasteiger partial charge in [0.1, 0.15) is 4.47 Å². The van der Waals surface area contributed by atoms with E-state index in [2.05, 4.69) is 20.9 Å². The van der Waals surface area contributed by atoms with Crippen LogP contribution in [0.15, 0.2) is 16.7 Å². The first-order valence-corrected chi connectivity index (χ1v) is 4.37. The molecule has 0 radical (unpaired) electrons. The number of ether oxygens (including phenoxy) is 1. The van der Waals surface area contributed by atoms with E-state index in [1.165, 1.54) is 12.3 Å². The number of hydrogen-bond donors (Lipinski definition) is 0. The van der Waals surface area contributed by atoms with Crippen LogP contribution in [0.5, 0.6) is 5.88 Å². The van der Waals surface area contributed by atoms with E-state index in [1.54, 1.807) is 6.92 Å². The topological polar surface area (TPSA) is 65.3 Å². The summed E-state index contributed by atoms with van der Waals surface area (Å²) in [5.74, 6) is 0.0434. The van der Waals surface area contributed by atoms with Gasteiger partial charge in [-0.2, -0.15) is 0 Å². The Balaban J connectivity index is 3.17. The Bertz CT molecular complexity index is 330. The number of nitrogens with zero attached hydrogens (tertiary/aromatic N) is 2. The third-order valence-corrected chi connectivity index (χ3v) is 1.94. The van der Waals surface area contributed by atoms with Crippen LogP contribution in [0.4, 0.5) is 5.69 Å². The molecule has 1 rings (SSSR count). The molecule has 0 N–H and O–H groups in total. The summed E-state index contributed by atoms with van der Waals surface area (Å²) in [4.78, 5) is 13.8. The smallest absolute Gasteiger partial charge is 0.344 e. The molecule has 0 unspecified atom stereocenters. The first-order chi connectivity index (χ1) is 6.16. The highest BCUT2D eigenvalue weighted by Crippen LogP contribution is 2.32. The molecule has 6 heteroatoms. The monoisotopic (exact) mass is 246 g/mol. The van der Waals surface area contributed by atoms with E-state index >= 15 is 0 Å². The Hall–Kier alpha value is -1.17. The second-order valence-electron chi connectivity index (χ2n) is 2.14. The minimum absolute atomic E-state index is 0.0434. The highest BCUT2D eigenvalue weighted by atomic mass is 79.9. The number of nitro groups is 1. The Morgan fingerprint density at radius 2 is 2.46 bits per heavy atom. The van der Waals surface area contributed by atoms with E-state index < -0.39 is 4.92 Å². The van der Waals surface area contributed by atoms with Crippen molar-refractivity contribution in [2.75, 3.05) is 6.61 Å². The van der Waals surface area contributed by atoms with Crippen LogP contribution in [-0.2, 0) is 0 Å². The van der Waals surface area contributed by atoms with Crippen LogP contribution in [0.25, 0.3) is 0 Å². The van der Waals surface area contributed by atoms with E-state index in [-0.39, 0.29) is 11.6 Å². The van der Waals surface area contributed by atoms with Gasteiger partial charge in [-0.05, 0) is 28.9 Å². The van der Waals surface area contributed by atoms with E-state index in [9.17, 15) is 10.1 Å². The predicted molar refractivity (Wildman–Crippen MR) is 49.8 cm³/mol. The number of hydrogen-bond acceptors (Lipinski definition) is 4. The van der Waals surface area contributed by atoms with Crippen LogP contribution in [0.2, 0.25) is 0 Å². The molecule has 0 fully saturated rings. The third-order valence-electron chi connectivity index (χ3n) is 1.31. The van der Waals surface area contributed by atoms with E-state index in [4.69, 9.17) is 4.74 Å². The molecule has 0 saturated carbocycles. The molecule has 0 bridgehead atoms. The van der Waals surface area contributed by atoms with Crippen LogP contribution < -0.4 is 4.74 Å². The summed E-state index contributed by atoms with van der Waals surface area (Å²) < 4.78 is 5.37. The first-order valence-electron chi connectivity index (χ1n) is 3.58. The Kier molecular flexibility index (Phi) is 3.18. The Morgan fingerprint density at radius 3 is 3.00 bits per heavy atom. The van der Waals surface area contributed by atoms with E-state index in [0.717, 1.165) is 0 Å². The Labute approximate surface area is 83.0 Å². The average Bonchev–Trinajstić information content (AvgIpc) is 2.04. The molecule has 1 aromatic rings. The molecule has 0 amide bonds. The lowest BCUT2D eigenvalue weighted by Crippen LogP contribution is -2.00. The molecule has 13 heavy (non-hydrogen) atoms. The minimum atomic E-state index is -0.526. The van der Waals surface area contributed by atoms with Crippen molar-refractivity contribution < 1.29 is 9.66 Å². The quantitative estimate of drug-likeness (QED) is 0.606. The summed E-state index contributed by atoms with van der Waals surface area (Å²) >= 11 is 3.06. The van der Waals surface area contributed by atoms with Gasteiger partial charge >= 0.3 is 5.69 Å². The maximum atomic E-state index is 10.6. The highest BCUT2D eigenvalue weighted by molar-refractivity contribution is 9.10. The van der Waals surface area contributed by atoms with Crippen molar-refractivity contribution in [2.45, 2.75) is 6.92 Å². The predicted octanol–water partition coefficient (Wildman–Crippen LogP) is 2.15. The minimum Gasteiger partial charge on any atom is -0.473 e. The molecule has 0 aliphatic heterocycles. The van der Waals surface area contributed by atoms with Gasteiger partial charge in [0.15, 0.2) is 0 Å². The summed E-state index contributed by atoms with van der Waals surface area (Å²) in [6.07, 6.45) is 1.45. The van der Waals surface area contributed by atoms with Crippen molar-refractivity contribution >= 4 is 21.6 Å². The van der Waals surface area contributed by atoms with Gasteiger partial charge in [0.05, 0.1) is 11.5 Å². The number of pyridine rings is 1. The van der Waals surface area contributed by atoms with Gasteiger partial charge in [-0.25, -0.2) is 4.98 Å². The van der Waals surface area contributed by atoms with Crippen LogP contribution >= 0.6 is 15.9 Å². The molecule has 1 heterocycles. The zero-order chi connectivity index (χ0) is 9.84. The number of rotatable bonds is 3. The molecule has 5 nitrogen and oxygen atoms in total. The van der Waals surface area contributed by atoms with Crippen molar-refractivity contribution in [3.05, 3.63) is 26.9 Å². The average molecular weight is 247 g/mol. The molecule has 0 aliphatic rings. The van der Waals surface area contributed by atoms with Crippen LogP contribution in [-0.4, -0.2) is 16.5 Å². The molecule has 0 saturated heterocycles. The normalized spacial score (nSPS) is 9.69. The van der Waals surface area contributed by atoms with Gasteiger partial charge in [0.2, 0.25) is 0 Å². The van der Waals surface area contributed by atoms with Crippen molar-refractivity contribution in [2.24, 2.45) is 0 Å². The number of aromatic nitrogens is 1. The van der Waals surface area contributed by atoms with Crippen molar-refractivity contribution in [1.82, 2.24) is 4.98 Å². The molecule has 0 aromatic carbocycles. The van der Waals surface area contributed by atoms with Crippen molar-refractivity contribution in [1.29, 1.82) is 0 Å². The highest BCUT2D eigenvalue weighted by Gasteiger charge is 2.20. The van der Waals surface area contributed by atoms with Gasteiger partial charge in [-0.3, -0.25) is 10.1 Å². The summed E-state index contributed by atoms with van der Waals surface area (Å²) in [7, 11) is 0. The maximum absolute atomic E-state index is 10.6. The van der Waals surface area contributed by atoms with Gasteiger partial charge in [-0.1, -0.05) is 0 Å². The molecule has 0 atom stereocenters. The SMILES string of the molecule is CCOc1nccc(Br)c1[N+](=O)[O-]. The Morgan fingerprint density at radius 1 is 1.77 bits per heavy atom. The molecule has 70 valence electrons. The first kappa shape index (κ1) is 9.91. The molecular weight excluding hydrogens is 240 g/mol. The van der Waals surface area contributed by atoms with Crippen LogP contribution in [0, 0.1) is 10.1 Å². The van der Waals surface area contributed by atoms with Gasteiger partial charge in [0.25, 0.3) is 5.88 Å². The zero-order valence-electron chi connectivity index (χ0n) is 6.86. The maximum Gasteiger partial charge on any atom is 0.344 e.